The Morgan fingerprint density at radius 3 is 2.79 bits per heavy atom. The molecule has 0 radical (unpaired) electrons. The number of rotatable bonds is 4. The molecule has 19 heavy (non-hydrogen) atoms. The van der Waals surface area contributed by atoms with Gasteiger partial charge in [-0.2, -0.15) is 0 Å². The summed E-state index contributed by atoms with van der Waals surface area (Å²) in [5.74, 6) is 0.0663. The van der Waals surface area contributed by atoms with E-state index in [2.05, 4.69) is 16.7 Å². The molecule has 0 aromatic carbocycles. The average Bonchev–Trinajstić information content (AvgIpc) is 2.83. The van der Waals surface area contributed by atoms with Crippen LogP contribution in [0.1, 0.15) is 49.4 Å². The molecule has 1 atom stereocenters. The van der Waals surface area contributed by atoms with Crippen LogP contribution in [0.15, 0.2) is 6.07 Å². The standard InChI is InChI=1S/C15H24N2OS/c1-10(14(18)17-15(2,3)4)16-9-12-8-11-6-5-7-13(11)19-12/h8,10,16H,5-7,9H2,1-4H3,(H,17,18). The molecule has 0 spiro atoms. The van der Waals surface area contributed by atoms with Crippen molar-refractivity contribution in [3.63, 3.8) is 0 Å². The van der Waals surface area contributed by atoms with E-state index >= 15 is 0 Å². The van der Waals surface area contributed by atoms with Gasteiger partial charge in [-0.25, -0.2) is 0 Å². The average molecular weight is 280 g/mol. The highest BCUT2D eigenvalue weighted by Gasteiger charge is 2.19. The third-order valence-electron chi connectivity index (χ3n) is 3.27. The number of carbonyl (C=O) groups is 1. The first-order valence-electron chi connectivity index (χ1n) is 7.01. The van der Waals surface area contributed by atoms with Gasteiger partial charge in [-0.05, 0) is 58.6 Å². The minimum atomic E-state index is -0.170. The summed E-state index contributed by atoms with van der Waals surface area (Å²) in [7, 11) is 0. The highest BCUT2D eigenvalue weighted by atomic mass is 32.1. The van der Waals surface area contributed by atoms with Crippen molar-refractivity contribution >= 4 is 17.2 Å². The molecule has 1 aliphatic carbocycles. The number of fused-ring (bicyclic) bond motifs is 1. The van der Waals surface area contributed by atoms with Crippen molar-refractivity contribution in [2.75, 3.05) is 0 Å². The molecule has 2 rings (SSSR count). The third kappa shape index (κ3) is 4.05. The number of hydrogen-bond donors (Lipinski definition) is 2. The van der Waals surface area contributed by atoms with Crippen molar-refractivity contribution in [3.8, 4) is 0 Å². The Bertz CT molecular complexity index is 438. The summed E-state index contributed by atoms with van der Waals surface area (Å²) in [4.78, 5) is 14.8. The minimum absolute atomic E-state index is 0.0663. The van der Waals surface area contributed by atoms with Crippen LogP contribution in [0, 0.1) is 0 Å². The van der Waals surface area contributed by atoms with Gasteiger partial charge in [-0.1, -0.05) is 0 Å². The number of aryl methyl sites for hydroxylation is 2. The van der Waals surface area contributed by atoms with Gasteiger partial charge in [0.25, 0.3) is 0 Å². The van der Waals surface area contributed by atoms with Crippen molar-refractivity contribution in [1.29, 1.82) is 0 Å². The fourth-order valence-electron chi connectivity index (χ4n) is 2.30. The lowest BCUT2D eigenvalue weighted by Crippen LogP contribution is -2.49. The van der Waals surface area contributed by atoms with E-state index in [1.54, 1.807) is 4.88 Å². The predicted molar refractivity (Wildman–Crippen MR) is 80.5 cm³/mol. The smallest absolute Gasteiger partial charge is 0.237 e. The molecule has 0 saturated carbocycles. The minimum Gasteiger partial charge on any atom is -0.350 e. The van der Waals surface area contributed by atoms with E-state index in [0.717, 1.165) is 6.54 Å². The highest BCUT2D eigenvalue weighted by Crippen LogP contribution is 2.30. The number of nitrogens with one attached hydrogen (secondary N) is 2. The monoisotopic (exact) mass is 280 g/mol. The zero-order chi connectivity index (χ0) is 14.0. The Kier molecular flexibility index (Phi) is 4.31. The molecule has 1 aromatic rings. The highest BCUT2D eigenvalue weighted by molar-refractivity contribution is 7.12. The molecule has 1 aliphatic rings. The van der Waals surface area contributed by atoms with Crippen LogP contribution in [0.4, 0.5) is 0 Å². The van der Waals surface area contributed by atoms with Crippen LogP contribution in [0.3, 0.4) is 0 Å². The van der Waals surface area contributed by atoms with Crippen LogP contribution < -0.4 is 10.6 Å². The van der Waals surface area contributed by atoms with Gasteiger partial charge in [-0.15, -0.1) is 11.3 Å². The molecule has 2 N–H and O–H groups in total. The molecule has 0 aliphatic heterocycles. The normalized spacial score (nSPS) is 16.2. The van der Waals surface area contributed by atoms with Gasteiger partial charge < -0.3 is 10.6 Å². The number of thiophene rings is 1. The number of hydrogen-bond acceptors (Lipinski definition) is 3. The van der Waals surface area contributed by atoms with Crippen LogP contribution in [-0.4, -0.2) is 17.5 Å². The zero-order valence-corrected chi connectivity index (χ0v) is 13.1. The van der Waals surface area contributed by atoms with Gasteiger partial charge >= 0.3 is 0 Å². The van der Waals surface area contributed by atoms with Crippen molar-refractivity contribution in [1.82, 2.24) is 10.6 Å². The molecule has 1 unspecified atom stereocenters. The van der Waals surface area contributed by atoms with Crippen LogP contribution >= 0.6 is 11.3 Å². The summed E-state index contributed by atoms with van der Waals surface area (Å²) in [6.45, 7) is 8.71. The lowest BCUT2D eigenvalue weighted by atomic mass is 10.1. The van der Waals surface area contributed by atoms with Crippen molar-refractivity contribution in [2.24, 2.45) is 0 Å². The zero-order valence-electron chi connectivity index (χ0n) is 12.3. The quantitative estimate of drug-likeness (QED) is 0.890. The molecule has 3 nitrogen and oxygen atoms in total. The molecular weight excluding hydrogens is 256 g/mol. The van der Waals surface area contributed by atoms with E-state index in [9.17, 15) is 4.79 Å². The van der Waals surface area contributed by atoms with E-state index in [0.29, 0.717) is 0 Å². The van der Waals surface area contributed by atoms with Gasteiger partial charge in [0.15, 0.2) is 0 Å². The fourth-order valence-corrected chi connectivity index (χ4v) is 3.51. The summed E-state index contributed by atoms with van der Waals surface area (Å²) in [5, 5.41) is 6.30. The summed E-state index contributed by atoms with van der Waals surface area (Å²) >= 11 is 1.89. The summed E-state index contributed by atoms with van der Waals surface area (Å²) in [6.07, 6.45) is 3.77. The van der Waals surface area contributed by atoms with Crippen LogP contribution in [-0.2, 0) is 24.2 Å². The predicted octanol–water partition coefficient (Wildman–Crippen LogP) is 2.63. The van der Waals surface area contributed by atoms with Crippen molar-refractivity contribution in [3.05, 3.63) is 21.4 Å². The van der Waals surface area contributed by atoms with Crippen molar-refractivity contribution in [2.45, 2.75) is 65.1 Å². The first-order valence-corrected chi connectivity index (χ1v) is 7.83. The molecule has 1 heterocycles. The lowest BCUT2D eigenvalue weighted by Gasteiger charge is -2.23. The van der Waals surface area contributed by atoms with Gasteiger partial charge in [0.1, 0.15) is 0 Å². The van der Waals surface area contributed by atoms with E-state index in [4.69, 9.17) is 0 Å². The number of carbonyl (C=O) groups excluding carboxylic acids is 1. The van der Waals surface area contributed by atoms with E-state index in [-0.39, 0.29) is 17.5 Å². The fraction of sp³-hybridized carbons (Fsp3) is 0.667. The maximum Gasteiger partial charge on any atom is 0.237 e. The molecule has 1 amide bonds. The van der Waals surface area contributed by atoms with E-state index in [1.165, 1.54) is 29.7 Å². The summed E-state index contributed by atoms with van der Waals surface area (Å²) in [5.41, 5.74) is 1.35. The largest absolute Gasteiger partial charge is 0.350 e. The summed E-state index contributed by atoms with van der Waals surface area (Å²) < 4.78 is 0. The third-order valence-corrected chi connectivity index (χ3v) is 4.51. The Balaban J connectivity index is 1.82. The molecule has 106 valence electrons. The second kappa shape index (κ2) is 5.63. The maximum atomic E-state index is 11.9. The van der Waals surface area contributed by atoms with Gasteiger partial charge in [0.2, 0.25) is 5.91 Å². The Morgan fingerprint density at radius 2 is 2.16 bits per heavy atom. The van der Waals surface area contributed by atoms with Crippen molar-refractivity contribution < 1.29 is 4.79 Å². The molecule has 0 fully saturated rings. The second-order valence-corrected chi connectivity index (χ2v) is 7.58. The molecular formula is C15H24N2OS. The van der Waals surface area contributed by atoms with Gasteiger partial charge in [-0.3, -0.25) is 4.79 Å². The maximum absolute atomic E-state index is 11.9. The van der Waals surface area contributed by atoms with Gasteiger partial charge in [0, 0.05) is 21.8 Å². The van der Waals surface area contributed by atoms with E-state index in [1.807, 2.05) is 39.0 Å². The molecule has 0 saturated heterocycles. The topological polar surface area (TPSA) is 41.1 Å². The van der Waals surface area contributed by atoms with Crippen LogP contribution in [0.5, 0.6) is 0 Å². The van der Waals surface area contributed by atoms with Crippen LogP contribution in [0.2, 0.25) is 0 Å². The lowest BCUT2D eigenvalue weighted by molar-refractivity contribution is -0.124. The second-order valence-electron chi connectivity index (χ2n) is 6.36. The van der Waals surface area contributed by atoms with Crippen LogP contribution in [0.25, 0.3) is 0 Å². The Hall–Kier alpha value is -0.870. The first-order chi connectivity index (χ1) is 8.85. The molecule has 0 bridgehead atoms. The first kappa shape index (κ1) is 14.5. The molecule has 4 heteroatoms. The SMILES string of the molecule is CC(NCc1cc2c(s1)CCC2)C(=O)NC(C)(C)C. The van der Waals surface area contributed by atoms with E-state index < -0.39 is 0 Å². The molecule has 1 aromatic heterocycles. The Morgan fingerprint density at radius 1 is 1.42 bits per heavy atom. The van der Waals surface area contributed by atoms with Gasteiger partial charge in [0.05, 0.1) is 6.04 Å². The summed E-state index contributed by atoms with van der Waals surface area (Å²) in [6, 6.07) is 2.14. The number of amides is 1. The Labute approximate surface area is 119 Å².